The summed E-state index contributed by atoms with van der Waals surface area (Å²) in [6.45, 7) is 0.103. The highest BCUT2D eigenvalue weighted by Gasteiger charge is 2.39. The number of anilines is 1. The van der Waals surface area contributed by atoms with Crippen LogP contribution in [0.25, 0.3) is 5.57 Å². The molecule has 3 aromatic carbocycles. The third kappa shape index (κ3) is 3.56. The van der Waals surface area contributed by atoms with E-state index >= 15 is 0 Å². The normalized spacial score (nSPS) is 15.0. The largest absolute Gasteiger partial charge is 0.454 e. The summed E-state index contributed by atoms with van der Waals surface area (Å²) in [5.74, 6) is -0.955. The Bertz CT molecular complexity index is 1270. The molecule has 5 rings (SSSR count). The van der Waals surface area contributed by atoms with Gasteiger partial charge >= 0.3 is 0 Å². The molecule has 0 fully saturated rings. The molecule has 2 aliphatic rings. The number of nitrogens with one attached hydrogen (secondary N) is 1. The van der Waals surface area contributed by atoms with Gasteiger partial charge in [-0.15, -0.1) is 0 Å². The van der Waals surface area contributed by atoms with E-state index < -0.39 is 23.4 Å². The second-order valence-corrected chi connectivity index (χ2v) is 7.28. The summed E-state index contributed by atoms with van der Waals surface area (Å²) in [6.07, 6.45) is 0. The molecule has 1 N–H and O–H groups in total. The molecule has 0 aromatic heterocycles. The van der Waals surface area contributed by atoms with E-state index in [1.807, 2.05) is 0 Å². The molecule has 0 radical (unpaired) electrons. The number of imide groups is 1. The first-order valence-electron chi connectivity index (χ1n) is 9.77. The molecular formula is C24H16F2N2O4. The lowest BCUT2D eigenvalue weighted by Crippen LogP contribution is -2.32. The fourth-order valence-corrected chi connectivity index (χ4v) is 3.65. The molecule has 0 saturated carbocycles. The van der Waals surface area contributed by atoms with E-state index in [2.05, 4.69) is 5.32 Å². The minimum Gasteiger partial charge on any atom is -0.454 e. The number of halogens is 2. The molecule has 8 heteroatoms. The van der Waals surface area contributed by atoms with Crippen LogP contribution >= 0.6 is 0 Å². The van der Waals surface area contributed by atoms with Crippen LogP contribution in [-0.4, -0.2) is 23.5 Å². The van der Waals surface area contributed by atoms with E-state index in [0.717, 1.165) is 4.90 Å². The van der Waals surface area contributed by atoms with Crippen LogP contribution < -0.4 is 14.8 Å². The quantitative estimate of drug-likeness (QED) is 0.613. The van der Waals surface area contributed by atoms with Crippen LogP contribution in [0.4, 0.5) is 14.5 Å². The second kappa shape index (κ2) is 7.81. The number of nitrogens with zero attached hydrogens (tertiary/aromatic N) is 1. The van der Waals surface area contributed by atoms with Crippen molar-refractivity contribution in [2.75, 3.05) is 12.1 Å². The van der Waals surface area contributed by atoms with Gasteiger partial charge < -0.3 is 14.8 Å². The topological polar surface area (TPSA) is 67.9 Å². The smallest absolute Gasteiger partial charge is 0.278 e. The maximum atomic E-state index is 13.7. The highest BCUT2D eigenvalue weighted by molar-refractivity contribution is 6.36. The second-order valence-electron chi connectivity index (χ2n) is 7.28. The number of carbonyl (C=O) groups is 2. The van der Waals surface area contributed by atoms with Crippen molar-refractivity contribution in [3.05, 3.63) is 95.2 Å². The number of fused-ring (bicyclic) bond motifs is 1. The first-order valence-corrected chi connectivity index (χ1v) is 9.77. The van der Waals surface area contributed by atoms with Gasteiger partial charge in [0.05, 0.1) is 12.1 Å². The SMILES string of the molecule is O=C1C(Nc2cccc(F)c2)=C(c2ccc(F)cc2)C(=O)N1Cc1ccc2c(c1)OCO2. The molecule has 0 atom stereocenters. The van der Waals surface area contributed by atoms with Crippen molar-refractivity contribution in [1.29, 1.82) is 0 Å². The summed E-state index contributed by atoms with van der Waals surface area (Å²) >= 11 is 0. The first kappa shape index (κ1) is 19.7. The van der Waals surface area contributed by atoms with Gasteiger partial charge in [-0.05, 0) is 53.6 Å². The molecule has 0 aliphatic carbocycles. The lowest BCUT2D eigenvalue weighted by atomic mass is 10.0. The van der Waals surface area contributed by atoms with Crippen LogP contribution in [0.3, 0.4) is 0 Å². The predicted octanol–water partition coefficient (Wildman–Crippen LogP) is 4.09. The zero-order valence-corrected chi connectivity index (χ0v) is 16.6. The van der Waals surface area contributed by atoms with Crippen molar-refractivity contribution in [2.24, 2.45) is 0 Å². The van der Waals surface area contributed by atoms with Crippen LogP contribution in [0.5, 0.6) is 11.5 Å². The third-order valence-electron chi connectivity index (χ3n) is 5.17. The average molecular weight is 434 g/mol. The Kier molecular flexibility index (Phi) is 4.82. The van der Waals surface area contributed by atoms with Crippen LogP contribution in [0.15, 0.2) is 72.4 Å². The maximum Gasteiger partial charge on any atom is 0.278 e. The Labute approximate surface area is 181 Å². The molecule has 160 valence electrons. The van der Waals surface area contributed by atoms with Gasteiger partial charge in [0, 0.05) is 5.69 Å². The van der Waals surface area contributed by atoms with E-state index in [4.69, 9.17) is 9.47 Å². The standard InChI is InChI=1S/C24H16F2N2O4/c25-16-7-5-15(6-8-16)21-22(27-18-3-1-2-17(26)11-18)24(30)28(23(21)29)12-14-4-9-19-20(10-14)32-13-31-19/h1-11,27H,12-13H2. The van der Waals surface area contributed by atoms with Gasteiger partial charge in [-0.25, -0.2) is 8.78 Å². The minimum atomic E-state index is -0.573. The first-order chi connectivity index (χ1) is 15.5. The number of rotatable bonds is 5. The molecule has 0 spiro atoms. The molecule has 2 heterocycles. The van der Waals surface area contributed by atoms with Crippen LogP contribution in [0.2, 0.25) is 0 Å². The Balaban J connectivity index is 1.51. The average Bonchev–Trinajstić information content (AvgIpc) is 3.33. The van der Waals surface area contributed by atoms with Crippen LogP contribution in [0, 0.1) is 11.6 Å². The highest BCUT2D eigenvalue weighted by Crippen LogP contribution is 2.35. The molecule has 0 unspecified atom stereocenters. The molecule has 3 aromatic rings. The number of ether oxygens (including phenoxy) is 2. The molecule has 0 saturated heterocycles. The number of hydrogen-bond donors (Lipinski definition) is 1. The number of carbonyl (C=O) groups excluding carboxylic acids is 2. The van der Waals surface area contributed by atoms with E-state index in [0.29, 0.717) is 28.3 Å². The van der Waals surface area contributed by atoms with Gasteiger partial charge in [0.1, 0.15) is 17.3 Å². The Morgan fingerprint density at radius 1 is 0.844 bits per heavy atom. The molecular weight excluding hydrogens is 418 g/mol. The summed E-state index contributed by atoms with van der Waals surface area (Å²) in [5, 5.41) is 2.87. The summed E-state index contributed by atoms with van der Waals surface area (Å²) in [6, 6.07) is 16.0. The Morgan fingerprint density at radius 3 is 2.41 bits per heavy atom. The van der Waals surface area contributed by atoms with Crippen molar-refractivity contribution in [3.63, 3.8) is 0 Å². The molecule has 2 amide bonds. The number of amides is 2. The zero-order chi connectivity index (χ0) is 22.2. The van der Waals surface area contributed by atoms with Gasteiger partial charge in [-0.3, -0.25) is 14.5 Å². The molecule has 0 bridgehead atoms. The number of benzene rings is 3. The predicted molar refractivity (Wildman–Crippen MR) is 111 cm³/mol. The van der Waals surface area contributed by atoms with Crippen LogP contribution in [-0.2, 0) is 16.1 Å². The lowest BCUT2D eigenvalue weighted by molar-refractivity contribution is -0.137. The number of hydrogen-bond acceptors (Lipinski definition) is 5. The summed E-state index contributed by atoms with van der Waals surface area (Å²) in [7, 11) is 0. The third-order valence-corrected chi connectivity index (χ3v) is 5.17. The van der Waals surface area contributed by atoms with E-state index in [1.165, 1.54) is 42.5 Å². The fourth-order valence-electron chi connectivity index (χ4n) is 3.65. The minimum absolute atomic E-state index is 0.00653. The van der Waals surface area contributed by atoms with Gasteiger partial charge in [0.15, 0.2) is 11.5 Å². The monoisotopic (exact) mass is 434 g/mol. The van der Waals surface area contributed by atoms with Gasteiger partial charge in [-0.1, -0.05) is 24.3 Å². The van der Waals surface area contributed by atoms with Gasteiger partial charge in [0.25, 0.3) is 11.8 Å². The lowest BCUT2D eigenvalue weighted by Gasteiger charge is -2.16. The van der Waals surface area contributed by atoms with Crippen molar-refractivity contribution in [3.8, 4) is 11.5 Å². The summed E-state index contributed by atoms with van der Waals surface area (Å²) in [4.78, 5) is 27.6. The fraction of sp³-hybridized carbons (Fsp3) is 0.0833. The van der Waals surface area contributed by atoms with E-state index in [1.54, 1.807) is 24.3 Å². The van der Waals surface area contributed by atoms with Crippen molar-refractivity contribution in [2.45, 2.75) is 6.54 Å². The Hall–Kier alpha value is -4.20. The van der Waals surface area contributed by atoms with Crippen molar-refractivity contribution >= 4 is 23.1 Å². The van der Waals surface area contributed by atoms with Gasteiger partial charge in [0.2, 0.25) is 6.79 Å². The Morgan fingerprint density at radius 2 is 1.62 bits per heavy atom. The van der Waals surface area contributed by atoms with E-state index in [-0.39, 0.29) is 24.6 Å². The zero-order valence-electron chi connectivity index (χ0n) is 16.6. The summed E-state index contributed by atoms with van der Waals surface area (Å²) in [5.41, 5.74) is 1.43. The van der Waals surface area contributed by atoms with Crippen molar-refractivity contribution < 1.29 is 27.8 Å². The van der Waals surface area contributed by atoms with Crippen molar-refractivity contribution in [1.82, 2.24) is 4.90 Å². The highest BCUT2D eigenvalue weighted by atomic mass is 19.1. The molecule has 6 nitrogen and oxygen atoms in total. The van der Waals surface area contributed by atoms with Crippen LogP contribution in [0.1, 0.15) is 11.1 Å². The maximum absolute atomic E-state index is 13.7. The van der Waals surface area contributed by atoms with Gasteiger partial charge in [-0.2, -0.15) is 0 Å². The summed E-state index contributed by atoms with van der Waals surface area (Å²) < 4.78 is 37.8. The van der Waals surface area contributed by atoms with E-state index in [9.17, 15) is 18.4 Å². The molecule has 32 heavy (non-hydrogen) atoms. The molecule has 2 aliphatic heterocycles.